The van der Waals surface area contributed by atoms with E-state index < -0.39 is 11.7 Å². The summed E-state index contributed by atoms with van der Waals surface area (Å²) in [5, 5.41) is 3.52. The number of carbonyl (C=O) groups excluding carboxylic acids is 1. The summed E-state index contributed by atoms with van der Waals surface area (Å²) in [5.41, 5.74) is 5.98. The number of alkyl carbamates (subject to hydrolysis) is 1. The Balaban J connectivity index is 2.20. The number of nitrogens with two attached hydrogens (primary N) is 1. The first-order valence-electron chi connectivity index (χ1n) is 7.08. The zero-order chi connectivity index (χ0) is 17.2. The molecule has 2 aromatic heterocycles. The van der Waals surface area contributed by atoms with Gasteiger partial charge in [0.05, 0.1) is 16.0 Å². The second kappa shape index (κ2) is 6.57. The first-order chi connectivity index (χ1) is 10.7. The highest BCUT2D eigenvalue weighted by Gasteiger charge is 2.20. The molecule has 1 atom stereocenters. The number of halogens is 1. The van der Waals surface area contributed by atoms with Crippen LogP contribution in [-0.4, -0.2) is 32.3 Å². The van der Waals surface area contributed by atoms with Gasteiger partial charge in [0.15, 0.2) is 0 Å². The molecule has 0 saturated carbocycles. The number of nitrogen functional groups attached to an aromatic ring is 1. The fourth-order valence-corrected chi connectivity index (χ4v) is 2.60. The lowest BCUT2D eigenvalue weighted by Crippen LogP contribution is -2.40. The Bertz CT molecular complexity index is 735. The third kappa shape index (κ3) is 4.22. The Hall–Kier alpha value is -2.09. The van der Waals surface area contributed by atoms with Crippen molar-refractivity contribution in [3.63, 3.8) is 0 Å². The van der Waals surface area contributed by atoms with Crippen molar-refractivity contribution in [3.05, 3.63) is 29.7 Å². The van der Waals surface area contributed by atoms with Gasteiger partial charge in [-0.05, 0) is 42.8 Å². The lowest BCUT2D eigenvalue weighted by Gasteiger charge is -2.22. The Kier molecular flexibility index (Phi) is 4.93. The maximum Gasteiger partial charge on any atom is 0.408 e. The molecule has 23 heavy (non-hydrogen) atoms. The Morgan fingerprint density at radius 1 is 1.57 bits per heavy atom. The molecule has 0 aliphatic rings. The molecule has 0 bridgehead atoms. The number of nitrogens with one attached hydrogen (secondary N) is 1. The molecule has 3 N–H and O–H groups in total. The summed E-state index contributed by atoms with van der Waals surface area (Å²) in [4.78, 5) is 20.1. The summed E-state index contributed by atoms with van der Waals surface area (Å²) in [7, 11) is 0. The van der Waals surface area contributed by atoms with Crippen LogP contribution in [0, 0.1) is 0 Å². The molecule has 0 radical (unpaired) electrons. The molecule has 124 valence electrons. The second-order valence-corrected chi connectivity index (χ2v) is 6.87. The van der Waals surface area contributed by atoms with Gasteiger partial charge < -0.3 is 20.4 Å². The highest BCUT2D eigenvalue weighted by molar-refractivity contribution is 9.10. The molecular formula is C15H20BrN5O2. The molecule has 0 aliphatic carbocycles. The highest BCUT2D eigenvalue weighted by atomic mass is 79.9. The molecule has 0 aliphatic heterocycles. The number of hydrogen-bond donors (Lipinski definition) is 2. The van der Waals surface area contributed by atoms with E-state index in [2.05, 4.69) is 37.8 Å². The van der Waals surface area contributed by atoms with Crippen LogP contribution in [0.15, 0.2) is 29.7 Å². The summed E-state index contributed by atoms with van der Waals surface area (Å²) in [6.07, 6.45) is 2.56. The Morgan fingerprint density at radius 2 is 2.26 bits per heavy atom. The lowest BCUT2D eigenvalue weighted by molar-refractivity contribution is 0.0511. The molecule has 1 amide bonds. The van der Waals surface area contributed by atoms with Crippen LogP contribution in [-0.2, 0) is 11.3 Å². The SMILES string of the molecule is C=C[C@H](Cn1c(Br)cc2c(N)ncnc21)NC(=O)OC(C)(C)C. The van der Waals surface area contributed by atoms with Gasteiger partial charge in [0.2, 0.25) is 0 Å². The third-order valence-corrected chi connectivity index (χ3v) is 3.69. The van der Waals surface area contributed by atoms with Gasteiger partial charge in [-0.15, -0.1) is 6.58 Å². The minimum Gasteiger partial charge on any atom is -0.444 e. The number of fused-ring (bicyclic) bond motifs is 1. The van der Waals surface area contributed by atoms with Gasteiger partial charge in [0, 0.05) is 6.54 Å². The van der Waals surface area contributed by atoms with Crippen LogP contribution in [0.4, 0.5) is 10.6 Å². The molecule has 0 unspecified atom stereocenters. The number of aromatic nitrogens is 3. The molecule has 2 aromatic rings. The molecule has 7 nitrogen and oxygen atoms in total. The molecular weight excluding hydrogens is 362 g/mol. The minimum absolute atomic E-state index is 0.326. The zero-order valence-electron chi connectivity index (χ0n) is 13.3. The van der Waals surface area contributed by atoms with E-state index in [1.54, 1.807) is 6.08 Å². The number of rotatable bonds is 4. The number of nitrogens with zero attached hydrogens (tertiary/aromatic N) is 3. The number of anilines is 1. The van der Waals surface area contributed by atoms with Crippen molar-refractivity contribution < 1.29 is 9.53 Å². The fourth-order valence-electron chi connectivity index (χ4n) is 2.06. The average molecular weight is 382 g/mol. The molecule has 2 heterocycles. The predicted molar refractivity (Wildman–Crippen MR) is 93.0 cm³/mol. The summed E-state index contributed by atoms with van der Waals surface area (Å²) < 4.78 is 7.94. The van der Waals surface area contributed by atoms with Crippen molar-refractivity contribution in [1.82, 2.24) is 19.9 Å². The van der Waals surface area contributed by atoms with E-state index in [0.717, 1.165) is 9.99 Å². The van der Waals surface area contributed by atoms with Crippen LogP contribution in [0.5, 0.6) is 0 Å². The fraction of sp³-hybridized carbons (Fsp3) is 0.400. The Morgan fingerprint density at radius 3 is 2.87 bits per heavy atom. The number of carbonyl (C=O) groups is 1. The zero-order valence-corrected chi connectivity index (χ0v) is 14.9. The quantitative estimate of drug-likeness (QED) is 0.793. The molecule has 0 saturated heterocycles. The van der Waals surface area contributed by atoms with Crippen molar-refractivity contribution in [1.29, 1.82) is 0 Å². The average Bonchev–Trinajstić information content (AvgIpc) is 2.74. The van der Waals surface area contributed by atoms with Crippen molar-refractivity contribution in [3.8, 4) is 0 Å². The topological polar surface area (TPSA) is 95.1 Å². The number of ether oxygens (including phenoxy) is 1. The van der Waals surface area contributed by atoms with E-state index in [1.807, 2.05) is 31.4 Å². The maximum atomic E-state index is 11.9. The third-order valence-electron chi connectivity index (χ3n) is 3.04. The monoisotopic (exact) mass is 381 g/mol. The van der Waals surface area contributed by atoms with Gasteiger partial charge in [-0.2, -0.15) is 0 Å². The van der Waals surface area contributed by atoms with E-state index in [0.29, 0.717) is 18.0 Å². The van der Waals surface area contributed by atoms with Crippen LogP contribution in [0.1, 0.15) is 20.8 Å². The summed E-state index contributed by atoms with van der Waals surface area (Å²) in [5.74, 6) is 0.407. The van der Waals surface area contributed by atoms with E-state index in [4.69, 9.17) is 10.5 Å². The van der Waals surface area contributed by atoms with Crippen molar-refractivity contribution in [2.75, 3.05) is 5.73 Å². The largest absolute Gasteiger partial charge is 0.444 e. The van der Waals surface area contributed by atoms with Gasteiger partial charge >= 0.3 is 6.09 Å². The van der Waals surface area contributed by atoms with Gasteiger partial charge in [0.1, 0.15) is 23.4 Å². The van der Waals surface area contributed by atoms with Crippen LogP contribution in [0.25, 0.3) is 11.0 Å². The predicted octanol–water partition coefficient (Wildman–Crippen LogP) is 2.86. The van der Waals surface area contributed by atoms with Crippen LogP contribution in [0.3, 0.4) is 0 Å². The Labute approximate surface area is 143 Å². The molecule has 0 fully saturated rings. The van der Waals surface area contributed by atoms with Gasteiger partial charge in [-0.1, -0.05) is 6.08 Å². The summed E-state index contributed by atoms with van der Waals surface area (Å²) in [6.45, 7) is 9.63. The smallest absolute Gasteiger partial charge is 0.408 e. The lowest BCUT2D eigenvalue weighted by atomic mass is 10.2. The number of amides is 1. The molecule has 2 rings (SSSR count). The normalized spacial score (nSPS) is 12.9. The van der Waals surface area contributed by atoms with E-state index in [1.165, 1.54) is 6.33 Å². The van der Waals surface area contributed by atoms with Crippen LogP contribution >= 0.6 is 15.9 Å². The standard InChI is InChI=1S/C15H20BrN5O2/c1-5-9(20-14(22)23-15(2,3)4)7-21-11(16)6-10-12(17)18-8-19-13(10)21/h5-6,8-9H,1,7H2,2-4H3,(H,20,22)(H2,17,18,19)/t9-/m1/s1. The first-order valence-corrected chi connectivity index (χ1v) is 7.88. The summed E-state index contributed by atoms with van der Waals surface area (Å²) in [6, 6.07) is 1.52. The summed E-state index contributed by atoms with van der Waals surface area (Å²) >= 11 is 3.48. The molecule has 0 spiro atoms. The number of hydrogen-bond acceptors (Lipinski definition) is 5. The minimum atomic E-state index is -0.557. The van der Waals surface area contributed by atoms with Crippen molar-refractivity contribution in [2.24, 2.45) is 0 Å². The van der Waals surface area contributed by atoms with E-state index >= 15 is 0 Å². The van der Waals surface area contributed by atoms with Crippen LogP contribution in [0.2, 0.25) is 0 Å². The van der Waals surface area contributed by atoms with Crippen molar-refractivity contribution in [2.45, 2.75) is 39.0 Å². The maximum absolute atomic E-state index is 11.9. The van der Waals surface area contributed by atoms with Gasteiger partial charge in [-0.25, -0.2) is 14.8 Å². The van der Waals surface area contributed by atoms with Gasteiger partial charge in [-0.3, -0.25) is 0 Å². The second-order valence-electron chi connectivity index (χ2n) is 6.06. The highest BCUT2D eigenvalue weighted by Crippen LogP contribution is 2.25. The molecule has 0 aromatic carbocycles. The van der Waals surface area contributed by atoms with E-state index in [-0.39, 0.29) is 6.04 Å². The van der Waals surface area contributed by atoms with E-state index in [9.17, 15) is 4.79 Å². The van der Waals surface area contributed by atoms with Crippen LogP contribution < -0.4 is 11.1 Å². The van der Waals surface area contributed by atoms with Crippen molar-refractivity contribution >= 4 is 38.9 Å². The first kappa shape index (κ1) is 17.3. The van der Waals surface area contributed by atoms with Gasteiger partial charge in [0.25, 0.3) is 0 Å². The molecule has 8 heteroatoms.